The van der Waals surface area contributed by atoms with Crippen LogP contribution in [0.15, 0.2) is 0 Å². The Morgan fingerprint density at radius 1 is 0.556 bits per heavy atom. The highest BCUT2D eigenvalue weighted by molar-refractivity contribution is 4.53. The van der Waals surface area contributed by atoms with E-state index in [9.17, 15) is 10.2 Å². The number of hydrogen-bond acceptors (Lipinski definition) is 2. The lowest BCUT2D eigenvalue weighted by atomic mass is 10.0. The van der Waals surface area contributed by atoms with Gasteiger partial charge in [-0.05, 0) is 26.7 Å². The molecule has 0 aliphatic heterocycles. The third kappa shape index (κ3) is 16.1. The van der Waals surface area contributed by atoms with Crippen molar-refractivity contribution in [2.45, 2.75) is 117 Å². The zero-order valence-corrected chi connectivity index (χ0v) is 20.9. The molecule has 0 aliphatic rings. The van der Waals surface area contributed by atoms with Crippen LogP contribution < -0.4 is 24.0 Å². The van der Waals surface area contributed by atoms with E-state index in [1.165, 1.54) is 89.9 Å². The molecule has 0 bridgehead atoms. The molecule has 0 amide bonds. The second kappa shape index (κ2) is 21.3. The average molecular weight is 500 g/mol. The number of quaternary nitrogens is 1. The highest BCUT2D eigenvalue weighted by Gasteiger charge is 2.29. The molecule has 0 spiro atoms. The number of unbranched alkanes of at least 4 members (excludes halogenated alkanes) is 13. The monoisotopic (exact) mass is 499 g/mol. The van der Waals surface area contributed by atoms with Crippen LogP contribution in [-0.2, 0) is 0 Å². The van der Waals surface area contributed by atoms with E-state index in [1.54, 1.807) is 0 Å². The van der Waals surface area contributed by atoms with E-state index in [1.807, 2.05) is 0 Å². The zero-order chi connectivity index (χ0) is 19.5. The van der Waals surface area contributed by atoms with Crippen molar-refractivity contribution in [1.29, 1.82) is 0 Å². The lowest BCUT2D eigenvalue weighted by molar-refractivity contribution is -0.948. The highest BCUT2D eigenvalue weighted by Crippen LogP contribution is 2.17. The number of halogens is 1. The topological polar surface area (TPSA) is 40.5 Å². The van der Waals surface area contributed by atoms with Gasteiger partial charge in [0, 0.05) is 0 Å². The minimum Gasteiger partial charge on any atom is -1.00 e. The van der Waals surface area contributed by atoms with Gasteiger partial charge in [0.1, 0.15) is 13.1 Å². The number of hydrogen-bond donors (Lipinski definition) is 2. The molecule has 0 saturated carbocycles. The summed E-state index contributed by atoms with van der Waals surface area (Å²) >= 11 is 0. The van der Waals surface area contributed by atoms with Crippen molar-refractivity contribution in [2.24, 2.45) is 0 Å². The first-order chi connectivity index (χ1) is 12.6. The molecular formula is C23H50INO2. The summed E-state index contributed by atoms with van der Waals surface area (Å²) in [7, 11) is 0. The van der Waals surface area contributed by atoms with Gasteiger partial charge in [-0.15, -0.1) is 0 Å². The molecule has 2 N–H and O–H groups in total. The van der Waals surface area contributed by atoms with Crippen molar-refractivity contribution in [3.05, 3.63) is 0 Å². The number of nitrogens with zero attached hydrogens (tertiary/aromatic N) is 1. The largest absolute Gasteiger partial charge is 1.00 e. The van der Waals surface area contributed by atoms with Crippen LogP contribution in [-0.4, -0.2) is 53.6 Å². The Balaban J connectivity index is 0. The Hall–Kier alpha value is 0.610. The summed E-state index contributed by atoms with van der Waals surface area (Å²) in [6.07, 6.45) is 19.4. The molecule has 0 aromatic rings. The summed E-state index contributed by atoms with van der Waals surface area (Å²) in [6.45, 7) is 9.80. The first kappa shape index (κ1) is 29.8. The summed E-state index contributed by atoms with van der Waals surface area (Å²) < 4.78 is 0.866. The second-order valence-electron chi connectivity index (χ2n) is 8.53. The molecule has 0 saturated heterocycles. The van der Waals surface area contributed by atoms with Crippen LogP contribution in [0, 0.1) is 0 Å². The van der Waals surface area contributed by atoms with Gasteiger partial charge in [0.25, 0.3) is 0 Å². The summed E-state index contributed by atoms with van der Waals surface area (Å²) in [4.78, 5) is 0. The van der Waals surface area contributed by atoms with Crippen LogP contribution in [0.4, 0.5) is 0 Å². The molecule has 0 rings (SSSR count). The van der Waals surface area contributed by atoms with Crippen LogP contribution in [0.1, 0.15) is 111 Å². The lowest BCUT2D eigenvalue weighted by Gasteiger charge is -2.42. The molecule has 27 heavy (non-hydrogen) atoms. The number of rotatable bonds is 20. The first-order valence-electron chi connectivity index (χ1n) is 11.7. The van der Waals surface area contributed by atoms with Crippen molar-refractivity contribution in [1.82, 2.24) is 0 Å². The van der Waals surface area contributed by atoms with Gasteiger partial charge in [0.05, 0.1) is 25.8 Å². The fraction of sp³-hybridized carbons (Fsp3) is 1.00. The SMILES string of the molecule is CCCCCCCCCCCCCCCC[N+](CCO)(CCO)C(C)C.[I-]. The van der Waals surface area contributed by atoms with Gasteiger partial charge in [-0.2, -0.15) is 0 Å². The molecule has 3 nitrogen and oxygen atoms in total. The Labute approximate surface area is 187 Å². The van der Waals surface area contributed by atoms with Gasteiger partial charge in [0.2, 0.25) is 0 Å². The van der Waals surface area contributed by atoms with E-state index in [2.05, 4.69) is 20.8 Å². The maximum atomic E-state index is 9.40. The summed E-state index contributed by atoms with van der Waals surface area (Å²) in [5.41, 5.74) is 0. The third-order valence-corrected chi connectivity index (χ3v) is 6.14. The molecule has 0 fully saturated rings. The maximum absolute atomic E-state index is 9.40. The molecule has 0 aliphatic carbocycles. The summed E-state index contributed by atoms with van der Waals surface area (Å²) in [5, 5.41) is 18.8. The van der Waals surface area contributed by atoms with E-state index in [-0.39, 0.29) is 37.2 Å². The molecule has 4 heteroatoms. The van der Waals surface area contributed by atoms with Crippen LogP contribution >= 0.6 is 0 Å². The van der Waals surface area contributed by atoms with Crippen LogP contribution in [0.25, 0.3) is 0 Å². The Morgan fingerprint density at radius 3 is 1.19 bits per heavy atom. The van der Waals surface area contributed by atoms with E-state index in [0.29, 0.717) is 6.04 Å². The fourth-order valence-corrected chi connectivity index (χ4v) is 4.13. The zero-order valence-electron chi connectivity index (χ0n) is 18.7. The summed E-state index contributed by atoms with van der Waals surface area (Å²) in [5.74, 6) is 0. The Morgan fingerprint density at radius 2 is 0.889 bits per heavy atom. The number of aliphatic hydroxyl groups excluding tert-OH is 2. The molecule has 0 unspecified atom stereocenters. The van der Waals surface area contributed by atoms with Crippen LogP contribution in [0.5, 0.6) is 0 Å². The predicted molar refractivity (Wildman–Crippen MR) is 114 cm³/mol. The van der Waals surface area contributed by atoms with Crippen molar-refractivity contribution in [3.8, 4) is 0 Å². The first-order valence-corrected chi connectivity index (χ1v) is 11.7. The number of aliphatic hydroxyl groups is 2. The molecule has 166 valence electrons. The average Bonchev–Trinajstić information content (AvgIpc) is 2.62. The van der Waals surface area contributed by atoms with E-state index < -0.39 is 0 Å². The molecular weight excluding hydrogens is 449 g/mol. The van der Waals surface area contributed by atoms with Crippen LogP contribution in [0.3, 0.4) is 0 Å². The van der Waals surface area contributed by atoms with E-state index in [4.69, 9.17) is 0 Å². The van der Waals surface area contributed by atoms with Gasteiger partial charge in [-0.3, -0.25) is 0 Å². The predicted octanol–water partition coefficient (Wildman–Crippen LogP) is 2.68. The van der Waals surface area contributed by atoms with Gasteiger partial charge in [-0.1, -0.05) is 84.0 Å². The molecule has 0 heterocycles. The second-order valence-corrected chi connectivity index (χ2v) is 8.53. The van der Waals surface area contributed by atoms with Gasteiger partial charge in [-0.25, -0.2) is 0 Å². The summed E-state index contributed by atoms with van der Waals surface area (Å²) in [6, 6.07) is 0.469. The van der Waals surface area contributed by atoms with Crippen LogP contribution in [0.2, 0.25) is 0 Å². The standard InChI is InChI=1S/C23H50NO2.HI/c1-4-5-6-7-8-9-10-11-12-13-14-15-16-17-18-24(19-21-25,20-22-26)23(2)3;/h23,25-26H,4-22H2,1-3H3;1H/q+1;/p-1. The van der Waals surface area contributed by atoms with E-state index in [0.717, 1.165) is 24.1 Å². The molecule has 0 aromatic carbocycles. The Kier molecular flexibility index (Phi) is 23.5. The van der Waals surface area contributed by atoms with Gasteiger partial charge < -0.3 is 38.7 Å². The minimum atomic E-state index is 0. The minimum absolute atomic E-state index is 0. The third-order valence-electron chi connectivity index (χ3n) is 6.14. The van der Waals surface area contributed by atoms with Gasteiger partial charge in [0.15, 0.2) is 0 Å². The van der Waals surface area contributed by atoms with Crippen molar-refractivity contribution >= 4 is 0 Å². The molecule has 0 atom stereocenters. The smallest absolute Gasteiger partial charge is 0.102 e. The fourth-order valence-electron chi connectivity index (χ4n) is 4.13. The van der Waals surface area contributed by atoms with Crippen molar-refractivity contribution in [2.75, 3.05) is 32.8 Å². The Bertz CT molecular complexity index is 282. The highest BCUT2D eigenvalue weighted by atomic mass is 127. The normalized spacial score (nSPS) is 11.8. The van der Waals surface area contributed by atoms with Crippen molar-refractivity contribution in [3.63, 3.8) is 0 Å². The molecule has 0 radical (unpaired) electrons. The maximum Gasteiger partial charge on any atom is 0.102 e. The quantitative estimate of drug-likeness (QED) is 0.154. The van der Waals surface area contributed by atoms with E-state index >= 15 is 0 Å². The molecule has 0 aromatic heterocycles. The lowest BCUT2D eigenvalue weighted by Crippen LogP contribution is -3.00. The van der Waals surface area contributed by atoms with Gasteiger partial charge >= 0.3 is 0 Å². The van der Waals surface area contributed by atoms with Crippen molar-refractivity contribution < 1.29 is 38.7 Å².